The molecule has 32 heavy (non-hydrogen) atoms. The van der Waals surface area contributed by atoms with E-state index in [-0.39, 0.29) is 24.1 Å². The number of para-hydroxylation sites is 1. The lowest BCUT2D eigenvalue weighted by molar-refractivity contribution is 0.168. The quantitative estimate of drug-likeness (QED) is 0.254. The van der Waals surface area contributed by atoms with Crippen LogP contribution in [0, 0.1) is 0 Å². The molecule has 184 valence electrons. The molecule has 0 unspecified atom stereocenters. The summed E-state index contributed by atoms with van der Waals surface area (Å²) in [7, 11) is -4.46. The molecule has 0 radical (unpaired) electrons. The van der Waals surface area contributed by atoms with Crippen molar-refractivity contribution in [2.45, 2.75) is 111 Å². The summed E-state index contributed by atoms with van der Waals surface area (Å²) in [5.74, 6) is 0.338. The molecule has 1 N–H and O–H groups in total. The third-order valence-electron chi connectivity index (χ3n) is 5.71. The Morgan fingerprint density at radius 3 is 1.72 bits per heavy atom. The molecule has 1 aromatic rings. The second kappa shape index (κ2) is 14.4. The van der Waals surface area contributed by atoms with E-state index < -0.39 is 16.4 Å². The normalized spacial score (nSPS) is 11.8. The van der Waals surface area contributed by atoms with Crippen molar-refractivity contribution in [3.63, 3.8) is 0 Å². The van der Waals surface area contributed by atoms with E-state index in [1.54, 1.807) is 0 Å². The number of hydrogen-bond acceptors (Lipinski definition) is 4. The largest absolute Gasteiger partial charge is 0.464 e. The van der Waals surface area contributed by atoms with Crippen LogP contribution in [0.25, 0.3) is 0 Å². The number of carboxylic acid groups (broad SMARTS) is 1. The first-order chi connectivity index (χ1) is 15.1. The van der Waals surface area contributed by atoms with E-state index in [1.807, 2.05) is 45.9 Å². The molecule has 1 rings (SSSR count). The van der Waals surface area contributed by atoms with Crippen molar-refractivity contribution in [2.75, 3.05) is 6.54 Å². The third-order valence-corrected chi connectivity index (χ3v) is 6.96. The molecule has 0 spiro atoms. The monoisotopic (exact) mass is 469 g/mol. The Labute approximate surface area is 195 Å². The van der Waals surface area contributed by atoms with Gasteiger partial charge in [-0.05, 0) is 29.4 Å². The summed E-state index contributed by atoms with van der Waals surface area (Å²) in [6, 6.07) is 5.53. The summed E-state index contributed by atoms with van der Waals surface area (Å²) in [6.07, 6.45) is 9.38. The average molecular weight is 470 g/mol. The number of unbranched alkanes of at least 4 members (excludes halogenated alkanes) is 9. The topological polar surface area (TPSA) is 83.9 Å². The molecule has 0 fully saturated rings. The number of carbonyl (C=O) groups is 1. The first-order valence-electron chi connectivity index (χ1n) is 12.2. The fourth-order valence-electron chi connectivity index (χ4n) is 3.78. The third kappa shape index (κ3) is 9.39. The van der Waals surface area contributed by atoms with Crippen molar-refractivity contribution in [3.05, 3.63) is 29.3 Å². The Morgan fingerprint density at radius 1 is 0.875 bits per heavy atom. The van der Waals surface area contributed by atoms with Crippen molar-refractivity contribution in [1.82, 2.24) is 4.31 Å². The molecule has 0 heterocycles. The molecule has 0 atom stereocenters. The van der Waals surface area contributed by atoms with Crippen LogP contribution in [-0.2, 0) is 10.3 Å². The number of nitrogens with zero attached hydrogens (tertiary/aromatic N) is 1. The van der Waals surface area contributed by atoms with E-state index >= 15 is 0 Å². The van der Waals surface area contributed by atoms with Crippen LogP contribution in [0.4, 0.5) is 4.79 Å². The van der Waals surface area contributed by atoms with Crippen molar-refractivity contribution in [1.29, 1.82) is 0 Å². The lowest BCUT2D eigenvalue weighted by Gasteiger charge is -2.23. The highest BCUT2D eigenvalue weighted by Crippen LogP contribution is 2.35. The predicted molar refractivity (Wildman–Crippen MR) is 131 cm³/mol. The van der Waals surface area contributed by atoms with Gasteiger partial charge in [-0.3, -0.25) is 0 Å². The molecule has 0 aromatic heterocycles. The highest BCUT2D eigenvalue weighted by Gasteiger charge is 2.31. The van der Waals surface area contributed by atoms with E-state index in [0.717, 1.165) is 30.4 Å². The van der Waals surface area contributed by atoms with Crippen LogP contribution >= 0.6 is 0 Å². The van der Waals surface area contributed by atoms with E-state index in [1.165, 1.54) is 38.5 Å². The maximum atomic E-state index is 12.9. The van der Waals surface area contributed by atoms with E-state index in [4.69, 9.17) is 4.18 Å². The fourth-order valence-corrected chi connectivity index (χ4v) is 4.81. The lowest BCUT2D eigenvalue weighted by Crippen LogP contribution is -2.39. The Morgan fingerprint density at radius 2 is 1.31 bits per heavy atom. The lowest BCUT2D eigenvalue weighted by atomic mass is 9.94. The molecular weight excluding hydrogens is 426 g/mol. The van der Waals surface area contributed by atoms with E-state index in [2.05, 4.69) is 6.92 Å². The predicted octanol–water partition coefficient (Wildman–Crippen LogP) is 7.46. The van der Waals surface area contributed by atoms with Gasteiger partial charge in [0.15, 0.2) is 5.75 Å². The molecule has 0 saturated carbocycles. The minimum Gasteiger partial charge on any atom is -0.464 e. The second-order valence-corrected chi connectivity index (χ2v) is 10.6. The smallest absolute Gasteiger partial charge is 0.423 e. The summed E-state index contributed by atoms with van der Waals surface area (Å²) in [4.78, 5) is 11.7. The SMILES string of the molecule is CCCCCCCCCCCCN(C(=O)O)S(=O)(=O)Oc1c(C(C)C)cccc1C(C)C. The number of rotatable bonds is 16. The Kier molecular flexibility index (Phi) is 12.7. The van der Waals surface area contributed by atoms with Gasteiger partial charge in [0.25, 0.3) is 0 Å². The molecule has 7 heteroatoms. The number of benzene rings is 1. The molecular formula is C25H43NO5S. The number of hydrogen-bond donors (Lipinski definition) is 1. The molecule has 1 aromatic carbocycles. The van der Waals surface area contributed by atoms with Crippen LogP contribution in [0.2, 0.25) is 0 Å². The second-order valence-electron chi connectivity index (χ2n) is 9.15. The minimum absolute atomic E-state index is 0.0409. The summed E-state index contributed by atoms with van der Waals surface area (Å²) >= 11 is 0. The van der Waals surface area contributed by atoms with Crippen molar-refractivity contribution >= 4 is 16.4 Å². The molecule has 0 aliphatic rings. The standard InChI is InChI=1S/C25H43NO5S/c1-6-7-8-9-10-11-12-13-14-15-19-26(25(27)28)32(29,30)31-24-22(20(2)3)17-16-18-23(24)21(4)5/h16-18,20-21H,6-15,19H2,1-5H3,(H,27,28). The maximum Gasteiger partial charge on any atom is 0.423 e. The summed E-state index contributed by atoms with van der Waals surface area (Å²) in [5, 5.41) is 9.55. The van der Waals surface area contributed by atoms with Gasteiger partial charge in [0, 0.05) is 6.54 Å². The van der Waals surface area contributed by atoms with Gasteiger partial charge in [-0.2, -0.15) is 12.7 Å². The molecule has 0 aliphatic carbocycles. The average Bonchev–Trinajstić information content (AvgIpc) is 2.71. The van der Waals surface area contributed by atoms with Crippen LogP contribution in [0.5, 0.6) is 5.75 Å². The first-order valence-corrected chi connectivity index (χ1v) is 13.6. The molecule has 0 aliphatic heterocycles. The summed E-state index contributed by atoms with van der Waals surface area (Å²) in [5.41, 5.74) is 1.51. The van der Waals surface area contributed by atoms with Crippen LogP contribution in [0.3, 0.4) is 0 Å². The van der Waals surface area contributed by atoms with Gasteiger partial charge in [-0.1, -0.05) is 111 Å². The fraction of sp³-hybridized carbons (Fsp3) is 0.720. The van der Waals surface area contributed by atoms with Gasteiger partial charge in [0.2, 0.25) is 0 Å². The van der Waals surface area contributed by atoms with E-state index in [9.17, 15) is 18.3 Å². The van der Waals surface area contributed by atoms with Gasteiger partial charge in [0.05, 0.1) is 0 Å². The van der Waals surface area contributed by atoms with Crippen LogP contribution in [0.15, 0.2) is 18.2 Å². The van der Waals surface area contributed by atoms with Crippen LogP contribution in [0.1, 0.15) is 122 Å². The molecule has 0 bridgehead atoms. The molecule has 6 nitrogen and oxygen atoms in total. The Hall–Kier alpha value is -1.76. The summed E-state index contributed by atoms with van der Waals surface area (Å²) < 4.78 is 31.7. The van der Waals surface area contributed by atoms with Crippen molar-refractivity contribution < 1.29 is 22.5 Å². The Balaban J connectivity index is 2.71. The maximum absolute atomic E-state index is 12.9. The zero-order valence-corrected chi connectivity index (χ0v) is 21.4. The van der Waals surface area contributed by atoms with Gasteiger partial charge >= 0.3 is 16.4 Å². The van der Waals surface area contributed by atoms with Gasteiger partial charge < -0.3 is 9.29 Å². The minimum atomic E-state index is -4.46. The highest BCUT2D eigenvalue weighted by atomic mass is 32.2. The zero-order valence-electron chi connectivity index (χ0n) is 20.6. The van der Waals surface area contributed by atoms with Crippen LogP contribution < -0.4 is 4.18 Å². The molecule has 1 amide bonds. The molecule has 0 saturated heterocycles. The van der Waals surface area contributed by atoms with Crippen molar-refractivity contribution in [3.8, 4) is 5.75 Å². The van der Waals surface area contributed by atoms with Gasteiger partial charge in [-0.15, -0.1) is 0 Å². The Bertz CT molecular complexity index is 763. The highest BCUT2D eigenvalue weighted by molar-refractivity contribution is 7.85. The zero-order chi connectivity index (χ0) is 24.1. The van der Waals surface area contributed by atoms with Gasteiger partial charge in [-0.25, -0.2) is 4.79 Å². The summed E-state index contributed by atoms with van der Waals surface area (Å²) in [6.45, 7) is 9.94. The van der Waals surface area contributed by atoms with E-state index in [0.29, 0.717) is 10.7 Å². The van der Waals surface area contributed by atoms with Gasteiger partial charge in [0.1, 0.15) is 0 Å². The number of amides is 1. The first kappa shape index (κ1) is 28.3. The van der Waals surface area contributed by atoms with Crippen molar-refractivity contribution in [2.24, 2.45) is 0 Å². The van der Waals surface area contributed by atoms with Crippen LogP contribution in [-0.4, -0.2) is 30.5 Å².